The Morgan fingerprint density at radius 2 is 1.67 bits per heavy atom. The van der Waals surface area contributed by atoms with Crippen LogP contribution in [0.4, 0.5) is 0 Å². The number of sulfonamides is 1. The Balaban J connectivity index is 1.69. The standard InChI is InChI=1S/C16H20Cl2N2O3S/c17-13-5-6-14(18)15(11-13)24(22,23)20-9-7-19(8-10-20)16(21)12-3-1-2-4-12/h5-6,11-12H,1-4,7-10H2. The Hall–Kier alpha value is -0.820. The van der Waals surface area contributed by atoms with Gasteiger partial charge in [0.15, 0.2) is 0 Å². The maximum Gasteiger partial charge on any atom is 0.244 e. The first-order valence-electron chi connectivity index (χ1n) is 8.13. The van der Waals surface area contributed by atoms with Crippen LogP contribution in [0.25, 0.3) is 0 Å². The molecule has 1 aliphatic heterocycles. The summed E-state index contributed by atoms with van der Waals surface area (Å²) in [6.45, 7) is 1.41. The summed E-state index contributed by atoms with van der Waals surface area (Å²) in [7, 11) is -3.70. The zero-order valence-electron chi connectivity index (χ0n) is 13.2. The van der Waals surface area contributed by atoms with Crippen LogP contribution in [0.1, 0.15) is 25.7 Å². The summed E-state index contributed by atoms with van der Waals surface area (Å²) in [6, 6.07) is 4.41. The highest BCUT2D eigenvalue weighted by Crippen LogP contribution is 2.30. The molecule has 0 bridgehead atoms. The zero-order chi connectivity index (χ0) is 17.3. The molecule has 1 saturated heterocycles. The average Bonchev–Trinajstić information content (AvgIpc) is 3.11. The molecular formula is C16H20Cl2N2O3S. The van der Waals surface area contributed by atoms with Crippen molar-refractivity contribution < 1.29 is 13.2 Å². The van der Waals surface area contributed by atoms with Crippen molar-refractivity contribution in [3.63, 3.8) is 0 Å². The topological polar surface area (TPSA) is 57.7 Å². The molecule has 0 aromatic heterocycles. The van der Waals surface area contributed by atoms with Crippen molar-refractivity contribution >= 4 is 39.1 Å². The van der Waals surface area contributed by atoms with Gasteiger partial charge in [0.2, 0.25) is 15.9 Å². The lowest BCUT2D eigenvalue weighted by Gasteiger charge is -2.35. The van der Waals surface area contributed by atoms with Crippen molar-refractivity contribution in [2.75, 3.05) is 26.2 Å². The van der Waals surface area contributed by atoms with Crippen LogP contribution < -0.4 is 0 Å². The zero-order valence-corrected chi connectivity index (χ0v) is 15.6. The lowest BCUT2D eigenvalue weighted by atomic mass is 10.1. The lowest BCUT2D eigenvalue weighted by Crippen LogP contribution is -2.51. The van der Waals surface area contributed by atoms with Gasteiger partial charge in [0, 0.05) is 37.1 Å². The highest BCUT2D eigenvalue weighted by molar-refractivity contribution is 7.89. The highest BCUT2D eigenvalue weighted by Gasteiger charge is 2.34. The average molecular weight is 391 g/mol. The largest absolute Gasteiger partial charge is 0.340 e. The molecule has 1 aromatic carbocycles. The van der Waals surface area contributed by atoms with Crippen LogP contribution in [0, 0.1) is 5.92 Å². The molecule has 0 unspecified atom stereocenters. The van der Waals surface area contributed by atoms with E-state index >= 15 is 0 Å². The normalized spacial score (nSPS) is 20.5. The number of rotatable bonds is 3. The Bertz CT molecular complexity index is 725. The van der Waals surface area contributed by atoms with Crippen LogP contribution in [0.2, 0.25) is 10.0 Å². The molecule has 132 valence electrons. The summed E-state index contributed by atoms with van der Waals surface area (Å²) in [4.78, 5) is 14.3. The maximum atomic E-state index is 12.8. The van der Waals surface area contributed by atoms with Crippen molar-refractivity contribution in [1.29, 1.82) is 0 Å². The minimum Gasteiger partial charge on any atom is -0.340 e. The number of benzene rings is 1. The number of piperazine rings is 1. The smallest absolute Gasteiger partial charge is 0.244 e. The van der Waals surface area contributed by atoms with Gasteiger partial charge < -0.3 is 4.90 Å². The minimum absolute atomic E-state index is 0.0206. The minimum atomic E-state index is -3.70. The second-order valence-corrected chi connectivity index (χ2v) is 9.04. The van der Waals surface area contributed by atoms with E-state index in [-0.39, 0.29) is 34.8 Å². The van der Waals surface area contributed by atoms with Gasteiger partial charge in [0.05, 0.1) is 5.02 Å². The third kappa shape index (κ3) is 3.57. The summed E-state index contributed by atoms with van der Waals surface area (Å²) < 4.78 is 26.9. The molecule has 8 heteroatoms. The van der Waals surface area contributed by atoms with Gasteiger partial charge in [-0.05, 0) is 31.0 Å². The number of halogens is 2. The summed E-state index contributed by atoms with van der Waals surface area (Å²) >= 11 is 11.9. The molecule has 1 amide bonds. The fraction of sp³-hybridized carbons (Fsp3) is 0.562. The monoisotopic (exact) mass is 390 g/mol. The van der Waals surface area contributed by atoms with Gasteiger partial charge in [-0.25, -0.2) is 8.42 Å². The number of hydrogen-bond acceptors (Lipinski definition) is 3. The Kier molecular flexibility index (Phi) is 5.39. The van der Waals surface area contributed by atoms with E-state index in [1.807, 2.05) is 0 Å². The molecule has 1 aliphatic carbocycles. The van der Waals surface area contributed by atoms with E-state index in [0.717, 1.165) is 25.7 Å². The van der Waals surface area contributed by atoms with Gasteiger partial charge in [0.1, 0.15) is 4.90 Å². The van der Waals surface area contributed by atoms with Crippen LogP contribution in [0.15, 0.2) is 23.1 Å². The molecule has 24 heavy (non-hydrogen) atoms. The van der Waals surface area contributed by atoms with Crippen molar-refractivity contribution in [1.82, 2.24) is 9.21 Å². The van der Waals surface area contributed by atoms with Crippen LogP contribution >= 0.6 is 23.2 Å². The van der Waals surface area contributed by atoms with Crippen LogP contribution in [-0.4, -0.2) is 49.7 Å². The van der Waals surface area contributed by atoms with E-state index in [1.165, 1.54) is 16.4 Å². The first kappa shape index (κ1) is 18.0. The van der Waals surface area contributed by atoms with Gasteiger partial charge in [-0.3, -0.25) is 4.79 Å². The molecule has 2 aliphatic rings. The first-order valence-corrected chi connectivity index (χ1v) is 10.3. The van der Waals surface area contributed by atoms with Gasteiger partial charge in [0.25, 0.3) is 0 Å². The summed E-state index contributed by atoms with van der Waals surface area (Å²) in [5, 5.41) is 0.483. The van der Waals surface area contributed by atoms with Gasteiger partial charge >= 0.3 is 0 Å². The molecule has 0 spiro atoms. The van der Waals surface area contributed by atoms with E-state index < -0.39 is 10.0 Å². The third-order valence-electron chi connectivity index (χ3n) is 4.77. The maximum absolute atomic E-state index is 12.8. The van der Waals surface area contributed by atoms with Crippen LogP contribution in [0.5, 0.6) is 0 Å². The second kappa shape index (κ2) is 7.20. The molecule has 2 fully saturated rings. The van der Waals surface area contributed by atoms with Gasteiger partial charge in [-0.15, -0.1) is 0 Å². The lowest BCUT2D eigenvalue weighted by molar-refractivity contribution is -0.136. The van der Waals surface area contributed by atoms with Crippen LogP contribution in [0.3, 0.4) is 0 Å². The SMILES string of the molecule is O=C(C1CCCC1)N1CCN(S(=O)(=O)c2cc(Cl)ccc2Cl)CC1. The summed E-state index contributed by atoms with van der Waals surface area (Å²) in [5.74, 6) is 0.292. The molecule has 3 rings (SSSR count). The van der Waals surface area contributed by atoms with Gasteiger partial charge in [-0.1, -0.05) is 36.0 Å². The first-order chi connectivity index (χ1) is 11.4. The summed E-state index contributed by atoms with van der Waals surface area (Å²) in [5.41, 5.74) is 0. The van der Waals surface area contributed by atoms with E-state index in [1.54, 1.807) is 11.0 Å². The molecule has 1 heterocycles. The number of amides is 1. The van der Waals surface area contributed by atoms with E-state index in [2.05, 4.69) is 0 Å². The Morgan fingerprint density at radius 1 is 1.04 bits per heavy atom. The molecule has 1 saturated carbocycles. The fourth-order valence-corrected chi connectivity index (χ4v) is 5.55. The number of nitrogens with zero attached hydrogens (tertiary/aromatic N) is 2. The number of hydrogen-bond donors (Lipinski definition) is 0. The van der Waals surface area contributed by atoms with E-state index in [0.29, 0.717) is 18.1 Å². The van der Waals surface area contributed by atoms with E-state index in [4.69, 9.17) is 23.2 Å². The molecule has 1 aromatic rings. The van der Waals surface area contributed by atoms with Crippen molar-refractivity contribution in [3.8, 4) is 0 Å². The highest BCUT2D eigenvalue weighted by atomic mass is 35.5. The predicted octanol–water partition coefficient (Wildman–Crippen LogP) is 3.02. The van der Waals surface area contributed by atoms with Crippen molar-refractivity contribution in [2.24, 2.45) is 5.92 Å². The number of carbonyl (C=O) groups is 1. The third-order valence-corrected chi connectivity index (χ3v) is 7.38. The Labute approximate surface area is 152 Å². The van der Waals surface area contributed by atoms with Crippen molar-refractivity contribution in [2.45, 2.75) is 30.6 Å². The molecule has 0 radical (unpaired) electrons. The van der Waals surface area contributed by atoms with Gasteiger partial charge in [-0.2, -0.15) is 4.31 Å². The van der Waals surface area contributed by atoms with E-state index in [9.17, 15) is 13.2 Å². The fourth-order valence-electron chi connectivity index (χ4n) is 3.39. The molecule has 5 nitrogen and oxygen atoms in total. The second-order valence-electron chi connectivity index (χ2n) is 6.29. The molecule has 0 atom stereocenters. The number of carbonyl (C=O) groups excluding carboxylic acids is 1. The summed E-state index contributed by atoms with van der Waals surface area (Å²) in [6.07, 6.45) is 4.13. The molecule has 0 N–H and O–H groups in total. The van der Waals surface area contributed by atoms with Crippen molar-refractivity contribution in [3.05, 3.63) is 28.2 Å². The van der Waals surface area contributed by atoms with Crippen LogP contribution in [-0.2, 0) is 14.8 Å². The predicted molar refractivity (Wildman–Crippen MR) is 93.8 cm³/mol. The quantitative estimate of drug-likeness (QED) is 0.796. The Morgan fingerprint density at radius 3 is 2.29 bits per heavy atom. The molecular weight excluding hydrogens is 371 g/mol.